The van der Waals surface area contributed by atoms with Gasteiger partial charge < -0.3 is 30.2 Å². The van der Waals surface area contributed by atoms with Gasteiger partial charge in [-0.2, -0.15) is 0 Å². The Morgan fingerprint density at radius 1 is 0.978 bits per heavy atom. The molecule has 1 fully saturated rings. The van der Waals surface area contributed by atoms with Crippen molar-refractivity contribution in [2.24, 2.45) is 0 Å². The molecule has 3 aromatic carbocycles. The van der Waals surface area contributed by atoms with E-state index in [1.165, 1.54) is 10.5 Å². The predicted octanol–water partition coefficient (Wildman–Crippen LogP) is 7.23. The Morgan fingerprint density at radius 3 is 2.39 bits per heavy atom. The first-order chi connectivity index (χ1) is 22.0. The fraction of sp³-hybridized carbons (Fsp3) is 0.378. The van der Waals surface area contributed by atoms with Crippen LogP contribution in [0.4, 0.5) is 15.3 Å². The van der Waals surface area contributed by atoms with Crippen molar-refractivity contribution in [3.05, 3.63) is 102 Å². The van der Waals surface area contributed by atoms with Gasteiger partial charge in [-0.25, -0.2) is 9.59 Å². The number of benzene rings is 3. The summed E-state index contributed by atoms with van der Waals surface area (Å²) >= 11 is 0. The van der Waals surface area contributed by atoms with Crippen LogP contribution >= 0.6 is 0 Å². The van der Waals surface area contributed by atoms with Gasteiger partial charge in [-0.15, -0.1) is 0 Å². The molecule has 2 atom stereocenters. The lowest BCUT2D eigenvalue weighted by atomic mass is 9.89. The molecular weight excluding hydrogens is 578 g/mol. The van der Waals surface area contributed by atoms with Crippen LogP contribution in [0.1, 0.15) is 69.1 Å². The van der Waals surface area contributed by atoms with Gasteiger partial charge in [0.15, 0.2) is 0 Å². The number of amides is 4. The molecule has 2 heterocycles. The van der Waals surface area contributed by atoms with Crippen LogP contribution in [0.15, 0.2) is 85.1 Å². The third-order valence-electron chi connectivity index (χ3n) is 8.55. The smallest absolute Gasteiger partial charge is 0.410 e. The summed E-state index contributed by atoms with van der Waals surface area (Å²) in [4.78, 5) is 46.8. The van der Waals surface area contributed by atoms with Crippen LogP contribution in [0.25, 0.3) is 10.9 Å². The average molecular weight is 624 g/mol. The fourth-order valence-electron chi connectivity index (χ4n) is 6.08. The molecule has 46 heavy (non-hydrogen) atoms. The van der Waals surface area contributed by atoms with Gasteiger partial charge in [0.2, 0.25) is 5.91 Å². The van der Waals surface area contributed by atoms with Crippen molar-refractivity contribution in [1.29, 1.82) is 0 Å². The van der Waals surface area contributed by atoms with Crippen molar-refractivity contribution in [1.82, 2.24) is 20.1 Å². The van der Waals surface area contributed by atoms with Crippen LogP contribution in [-0.2, 0) is 16.1 Å². The van der Waals surface area contributed by atoms with E-state index >= 15 is 0 Å². The molecule has 3 N–H and O–H groups in total. The lowest BCUT2D eigenvalue weighted by molar-refractivity contribution is -0.118. The monoisotopic (exact) mass is 623 g/mol. The summed E-state index contributed by atoms with van der Waals surface area (Å²) in [6, 6.07) is 24.7. The minimum absolute atomic E-state index is 0.244. The highest BCUT2D eigenvalue weighted by atomic mass is 16.6. The molecule has 0 bridgehead atoms. The van der Waals surface area contributed by atoms with Crippen LogP contribution in [0.2, 0.25) is 0 Å². The first-order valence-corrected chi connectivity index (χ1v) is 16.0. The molecule has 1 aliphatic rings. The number of piperidine rings is 1. The van der Waals surface area contributed by atoms with E-state index < -0.39 is 17.7 Å². The number of urea groups is 1. The molecule has 5 rings (SSSR count). The maximum atomic E-state index is 14.0. The molecule has 9 heteroatoms. The molecular formula is C37H45N5O4. The summed E-state index contributed by atoms with van der Waals surface area (Å²) in [5.41, 5.74) is 4.03. The first-order valence-electron chi connectivity index (χ1n) is 16.0. The highest BCUT2D eigenvalue weighted by Gasteiger charge is 2.32. The topological polar surface area (TPSA) is 107 Å². The number of carbonyl (C=O) groups is 3. The number of nitrogens with zero attached hydrogens (tertiary/aromatic N) is 2. The Morgan fingerprint density at radius 2 is 1.67 bits per heavy atom. The van der Waals surface area contributed by atoms with Gasteiger partial charge in [0, 0.05) is 55.4 Å². The molecule has 0 saturated carbocycles. The van der Waals surface area contributed by atoms with E-state index in [4.69, 9.17) is 4.74 Å². The lowest BCUT2D eigenvalue weighted by Gasteiger charge is -2.34. The average Bonchev–Trinajstić information content (AvgIpc) is 3.47. The van der Waals surface area contributed by atoms with Gasteiger partial charge in [-0.05, 0) is 74.4 Å². The van der Waals surface area contributed by atoms with E-state index in [1.54, 1.807) is 13.1 Å². The third kappa shape index (κ3) is 8.07. The highest BCUT2D eigenvalue weighted by molar-refractivity contribution is 5.98. The molecule has 4 amide bonds. The summed E-state index contributed by atoms with van der Waals surface area (Å²) in [6.45, 7) is 9.00. The summed E-state index contributed by atoms with van der Waals surface area (Å²) in [6.07, 6.45) is 3.23. The van der Waals surface area contributed by atoms with Crippen molar-refractivity contribution >= 4 is 34.6 Å². The number of aromatic nitrogens is 1. The Bertz CT molecular complexity index is 1650. The van der Waals surface area contributed by atoms with Crippen LogP contribution in [0.5, 0.6) is 0 Å². The van der Waals surface area contributed by atoms with Crippen LogP contribution in [0, 0.1) is 0 Å². The number of fused-ring (bicyclic) bond motifs is 1. The normalized spacial score (nSPS) is 15.2. The fourth-order valence-corrected chi connectivity index (χ4v) is 6.08. The van der Waals surface area contributed by atoms with Crippen LogP contribution in [-0.4, -0.2) is 64.6 Å². The minimum atomic E-state index is -0.841. The molecule has 1 aromatic heterocycles. The largest absolute Gasteiger partial charge is 0.444 e. The third-order valence-corrected chi connectivity index (χ3v) is 8.55. The molecule has 1 aliphatic heterocycles. The number of H-pyrrole nitrogens is 1. The second-order valence-corrected chi connectivity index (χ2v) is 13.2. The summed E-state index contributed by atoms with van der Waals surface area (Å²) in [5.74, 6) is -0.234. The Labute approximate surface area is 271 Å². The van der Waals surface area contributed by atoms with Crippen molar-refractivity contribution in [2.45, 2.75) is 70.6 Å². The maximum Gasteiger partial charge on any atom is 0.410 e. The number of hydrogen-bond acceptors (Lipinski definition) is 4. The van der Waals surface area contributed by atoms with Gasteiger partial charge >= 0.3 is 12.1 Å². The Balaban J connectivity index is 1.31. The van der Waals surface area contributed by atoms with E-state index in [2.05, 4.69) is 39.9 Å². The number of ether oxygens (including phenoxy) is 1. The Hall–Kier alpha value is -4.79. The second kappa shape index (κ2) is 14.1. The van der Waals surface area contributed by atoms with Gasteiger partial charge in [-0.1, -0.05) is 67.6 Å². The number of aromatic amines is 1. The van der Waals surface area contributed by atoms with Crippen molar-refractivity contribution in [2.75, 3.05) is 25.5 Å². The standard InChI is InChI=1S/C37H45N5O4/c1-25(31-23-38-32-17-10-9-16-30(31)32)33(40-35(44)42-20-18-28(19-21-42)27-13-7-6-8-14-27)34(43)39-29-15-11-12-26(22-29)24-41(5)36(45)46-37(2,3)4/h6-17,22-23,25,28,33,38H,18-21,24H2,1-5H3,(H,39,43)(H,40,44)/t25-,33+/m0/s1. The van der Waals surface area contributed by atoms with Crippen molar-refractivity contribution in [3.63, 3.8) is 0 Å². The van der Waals surface area contributed by atoms with Crippen molar-refractivity contribution in [3.8, 4) is 0 Å². The zero-order valence-electron chi connectivity index (χ0n) is 27.4. The molecule has 0 spiro atoms. The van der Waals surface area contributed by atoms with Crippen LogP contribution < -0.4 is 10.6 Å². The second-order valence-electron chi connectivity index (χ2n) is 13.2. The number of rotatable bonds is 8. The molecule has 0 radical (unpaired) electrons. The number of para-hydroxylation sites is 1. The van der Waals surface area contributed by atoms with E-state index in [1.807, 2.05) is 87.3 Å². The van der Waals surface area contributed by atoms with Gasteiger partial charge in [-0.3, -0.25) is 4.79 Å². The van der Waals surface area contributed by atoms with E-state index in [-0.39, 0.29) is 17.9 Å². The predicted molar refractivity (Wildman–Crippen MR) is 182 cm³/mol. The molecule has 1 saturated heterocycles. The number of hydrogen-bond donors (Lipinski definition) is 3. The van der Waals surface area contributed by atoms with Gasteiger partial charge in [0.1, 0.15) is 11.6 Å². The van der Waals surface area contributed by atoms with Crippen molar-refractivity contribution < 1.29 is 19.1 Å². The lowest BCUT2D eigenvalue weighted by Crippen LogP contribution is -2.53. The molecule has 9 nitrogen and oxygen atoms in total. The zero-order valence-corrected chi connectivity index (χ0v) is 27.4. The number of carbonyl (C=O) groups excluding carboxylic acids is 3. The summed E-state index contributed by atoms with van der Waals surface area (Å²) < 4.78 is 5.48. The first kappa shape index (κ1) is 32.6. The molecule has 4 aromatic rings. The SMILES string of the molecule is C[C@@H](c1c[nH]c2ccccc12)[C@@H](NC(=O)N1CCC(c2ccccc2)CC1)C(=O)Nc1cccc(CN(C)C(=O)OC(C)(C)C)c1. The molecule has 0 aliphatic carbocycles. The van der Waals surface area contributed by atoms with E-state index in [9.17, 15) is 14.4 Å². The molecule has 0 unspecified atom stereocenters. The highest BCUT2D eigenvalue weighted by Crippen LogP contribution is 2.30. The quantitative estimate of drug-likeness (QED) is 0.192. The van der Waals surface area contributed by atoms with Gasteiger partial charge in [0.05, 0.1) is 0 Å². The summed E-state index contributed by atoms with van der Waals surface area (Å²) in [7, 11) is 1.68. The zero-order chi connectivity index (χ0) is 32.8. The molecule has 242 valence electrons. The van der Waals surface area contributed by atoms with Crippen LogP contribution in [0.3, 0.4) is 0 Å². The number of likely N-dealkylation sites (tertiary alicyclic amines) is 1. The maximum absolute atomic E-state index is 14.0. The Kier molecular flexibility index (Phi) is 9.99. The number of anilines is 1. The van der Waals surface area contributed by atoms with Gasteiger partial charge in [0.25, 0.3) is 0 Å². The summed E-state index contributed by atoms with van der Waals surface area (Å²) in [5, 5.41) is 7.13. The number of nitrogens with one attached hydrogen (secondary N) is 3. The van der Waals surface area contributed by atoms with E-state index in [0.29, 0.717) is 31.2 Å². The van der Waals surface area contributed by atoms with E-state index in [0.717, 1.165) is 34.9 Å². The minimum Gasteiger partial charge on any atom is -0.444 e.